The molecule has 1 aliphatic rings. The van der Waals surface area contributed by atoms with Crippen molar-refractivity contribution in [3.05, 3.63) is 41.3 Å². The summed E-state index contributed by atoms with van der Waals surface area (Å²) in [5.74, 6) is 0.571. The highest BCUT2D eigenvalue weighted by molar-refractivity contribution is 7.17. The number of carbonyl (C=O) groups excluding carboxylic acids is 1. The van der Waals surface area contributed by atoms with Gasteiger partial charge in [0.2, 0.25) is 0 Å². The largest absolute Gasteiger partial charge is 0.492 e. The van der Waals surface area contributed by atoms with E-state index in [0.29, 0.717) is 17.2 Å². The van der Waals surface area contributed by atoms with Crippen LogP contribution < -0.4 is 10.1 Å². The number of carbonyl (C=O) groups is 1. The summed E-state index contributed by atoms with van der Waals surface area (Å²) in [6, 6.07) is 12.1. The molecule has 1 heterocycles. The smallest absolute Gasteiger partial charge is 0.265 e. The second-order valence-corrected chi connectivity index (χ2v) is 7.13. The van der Waals surface area contributed by atoms with Crippen LogP contribution in [0.25, 0.3) is 10.4 Å². The maximum absolute atomic E-state index is 12.7. The highest BCUT2D eigenvalue weighted by atomic mass is 32.1. The Balaban J connectivity index is 1.78. The minimum atomic E-state index is -0.219. The van der Waals surface area contributed by atoms with Crippen molar-refractivity contribution in [2.75, 3.05) is 6.61 Å². The molecular formula is C19H23NO3S. The average molecular weight is 345 g/mol. The van der Waals surface area contributed by atoms with Gasteiger partial charge in [-0.1, -0.05) is 30.3 Å². The van der Waals surface area contributed by atoms with E-state index in [2.05, 4.69) is 5.32 Å². The van der Waals surface area contributed by atoms with Gasteiger partial charge < -0.3 is 15.2 Å². The molecule has 1 saturated carbocycles. The highest BCUT2D eigenvalue weighted by Crippen LogP contribution is 2.36. The Morgan fingerprint density at radius 1 is 1.25 bits per heavy atom. The first kappa shape index (κ1) is 17.0. The second-order valence-electron chi connectivity index (χ2n) is 6.08. The van der Waals surface area contributed by atoms with Crippen LogP contribution >= 0.6 is 11.3 Å². The molecule has 1 amide bonds. The zero-order chi connectivity index (χ0) is 16.9. The molecule has 2 N–H and O–H groups in total. The van der Waals surface area contributed by atoms with Gasteiger partial charge in [0.1, 0.15) is 10.6 Å². The third-order valence-corrected chi connectivity index (χ3v) is 5.46. The van der Waals surface area contributed by atoms with Gasteiger partial charge in [-0.05, 0) is 44.2 Å². The van der Waals surface area contributed by atoms with E-state index in [4.69, 9.17) is 4.74 Å². The molecule has 2 aromatic rings. The first-order valence-electron chi connectivity index (χ1n) is 8.48. The lowest BCUT2D eigenvalue weighted by molar-refractivity contribution is 0.0868. The van der Waals surface area contributed by atoms with Gasteiger partial charge in [-0.2, -0.15) is 0 Å². The molecule has 3 rings (SSSR count). The first-order chi connectivity index (χ1) is 11.7. The molecule has 0 unspecified atom stereocenters. The number of rotatable bonds is 5. The van der Waals surface area contributed by atoms with Crippen molar-refractivity contribution in [1.29, 1.82) is 0 Å². The summed E-state index contributed by atoms with van der Waals surface area (Å²) in [6.07, 6.45) is 2.94. The summed E-state index contributed by atoms with van der Waals surface area (Å²) in [5.41, 5.74) is 1.09. The molecule has 0 aliphatic heterocycles. The van der Waals surface area contributed by atoms with Crippen LogP contribution in [0.4, 0.5) is 0 Å². The Morgan fingerprint density at radius 2 is 1.96 bits per heavy atom. The lowest BCUT2D eigenvalue weighted by Gasteiger charge is -2.26. The maximum Gasteiger partial charge on any atom is 0.265 e. The van der Waals surface area contributed by atoms with Gasteiger partial charge in [0.15, 0.2) is 0 Å². The number of aliphatic hydroxyl groups is 1. The normalized spacial score (nSPS) is 20.6. The summed E-state index contributed by atoms with van der Waals surface area (Å²) >= 11 is 1.46. The molecule has 4 nitrogen and oxygen atoms in total. The number of benzene rings is 1. The van der Waals surface area contributed by atoms with Crippen molar-refractivity contribution in [3.8, 4) is 16.2 Å². The van der Waals surface area contributed by atoms with Crippen LogP contribution in [-0.4, -0.2) is 29.8 Å². The van der Waals surface area contributed by atoms with Crippen LogP contribution in [-0.2, 0) is 0 Å². The van der Waals surface area contributed by atoms with E-state index in [1.54, 1.807) is 0 Å². The van der Waals surface area contributed by atoms with Crippen LogP contribution in [0, 0.1) is 0 Å². The predicted octanol–water partition coefficient (Wildman–Crippen LogP) is 3.85. The standard InChI is InChI=1S/C19H23NO3S/c1-2-23-16-12-17(13-6-4-3-5-7-13)24-18(16)19(22)20-14-8-10-15(21)11-9-14/h3-7,12,14-15,21H,2,8-11H2,1H3,(H,20,22). The molecule has 1 aromatic heterocycles. The number of thiophene rings is 1. The third-order valence-electron chi connectivity index (χ3n) is 4.29. The van der Waals surface area contributed by atoms with Crippen molar-refractivity contribution in [3.63, 3.8) is 0 Å². The molecule has 0 atom stereocenters. The topological polar surface area (TPSA) is 58.6 Å². The van der Waals surface area contributed by atoms with Gasteiger partial charge in [0.25, 0.3) is 5.91 Å². The minimum absolute atomic E-state index is 0.0768. The fraction of sp³-hybridized carbons (Fsp3) is 0.421. The summed E-state index contributed by atoms with van der Waals surface area (Å²) in [7, 11) is 0. The van der Waals surface area contributed by atoms with Crippen LogP contribution in [0.5, 0.6) is 5.75 Å². The van der Waals surface area contributed by atoms with Crippen LogP contribution in [0.2, 0.25) is 0 Å². The summed E-state index contributed by atoms with van der Waals surface area (Å²) in [6.45, 7) is 2.45. The molecule has 0 saturated heterocycles. The lowest BCUT2D eigenvalue weighted by atomic mass is 9.93. The molecule has 5 heteroatoms. The third kappa shape index (κ3) is 3.97. The highest BCUT2D eigenvalue weighted by Gasteiger charge is 2.24. The number of hydrogen-bond acceptors (Lipinski definition) is 4. The van der Waals surface area contributed by atoms with Crippen molar-refractivity contribution in [2.24, 2.45) is 0 Å². The van der Waals surface area contributed by atoms with Crippen molar-refractivity contribution in [1.82, 2.24) is 5.32 Å². The number of amides is 1. The zero-order valence-corrected chi connectivity index (χ0v) is 14.6. The number of aliphatic hydroxyl groups excluding tert-OH is 1. The molecule has 0 spiro atoms. The summed E-state index contributed by atoms with van der Waals surface area (Å²) in [5, 5.41) is 12.7. The van der Waals surface area contributed by atoms with E-state index in [1.165, 1.54) is 11.3 Å². The van der Waals surface area contributed by atoms with Gasteiger partial charge >= 0.3 is 0 Å². The molecule has 128 valence electrons. The van der Waals surface area contributed by atoms with Crippen LogP contribution in [0.15, 0.2) is 36.4 Å². The monoisotopic (exact) mass is 345 g/mol. The molecule has 1 aromatic carbocycles. The van der Waals surface area contributed by atoms with Gasteiger partial charge in [-0.25, -0.2) is 0 Å². The number of hydrogen-bond donors (Lipinski definition) is 2. The van der Waals surface area contributed by atoms with Gasteiger partial charge in [0.05, 0.1) is 12.7 Å². The van der Waals surface area contributed by atoms with Crippen molar-refractivity contribution in [2.45, 2.75) is 44.8 Å². The van der Waals surface area contributed by atoms with E-state index in [9.17, 15) is 9.90 Å². The maximum atomic E-state index is 12.7. The molecular weight excluding hydrogens is 322 g/mol. The Bertz CT molecular complexity index is 675. The van der Waals surface area contributed by atoms with Gasteiger partial charge in [-0.3, -0.25) is 4.79 Å². The van der Waals surface area contributed by atoms with E-state index in [1.807, 2.05) is 43.3 Å². The van der Waals surface area contributed by atoms with E-state index in [-0.39, 0.29) is 18.1 Å². The van der Waals surface area contributed by atoms with E-state index < -0.39 is 0 Å². The summed E-state index contributed by atoms with van der Waals surface area (Å²) in [4.78, 5) is 14.3. The Labute approximate surface area is 146 Å². The lowest BCUT2D eigenvalue weighted by Crippen LogP contribution is -2.38. The molecule has 24 heavy (non-hydrogen) atoms. The molecule has 1 fully saturated rings. The first-order valence-corrected chi connectivity index (χ1v) is 9.30. The van der Waals surface area contributed by atoms with Crippen molar-refractivity contribution < 1.29 is 14.6 Å². The van der Waals surface area contributed by atoms with Gasteiger partial charge in [-0.15, -0.1) is 11.3 Å². The van der Waals surface area contributed by atoms with E-state index >= 15 is 0 Å². The minimum Gasteiger partial charge on any atom is -0.492 e. The average Bonchev–Trinajstić information content (AvgIpc) is 3.02. The number of ether oxygens (including phenoxy) is 1. The fourth-order valence-corrected chi connectivity index (χ4v) is 4.02. The Morgan fingerprint density at radius 3 is 2.62 bits per heavy atom. The number of nitrogens with one attached hydrogen (secondary N) is 1. The quantitative estimate of drug-likeness (QED) is 0.865. The second kappa shape index (κ2) is 7.81. The van der Waals surface area contributed by atoms with Gasteiger partial charge in [0, 0.05) is 10.9 Å². The zero-order valence-electron chi connectivity index (χ0n) is 13.8. The van der Waals surface area contributed by atoms with E-state index in [0.717, 1.165) is 36.1 Å². The summed E-state index contributed by atoms with van der Waals surface area (Å²) < 4.78 is 5.68. The Hall–Kier alpha value is -1.85. The molecule has 1 aliphatic carbocycles. The SMILES string of the molecule is CCOc1cc(-c2ccccc2)sc1C(=O)NC1CCC(O)CC1. The van der Waals surface area contributed by atoms with Crippen LogP contribution in [0.3, 0.4) is 0 Å². The van der Waals surface area contributed by atoms with Crippen LogP contribution in [0.1, 0.15) is 42.3 Å². The molecule has 0 radical (unpaired) electrons. The van der Waals surface area contributed by atoms with Crippen molar-refractivity contribution >= 4 is 17.2 Å². The predicted molar refractivity (Wildman–Crippen MR) is 96.7 cm³/mol. The fourth-order valence-electron chi connectivity index (χ4n) is 3.01. The Kier molecular flexibility index (Phi) is 5.53. The molecule has 0 bridgehead atoms.